The van der Waals surface area contributed by atoms with Gasteiger partial charge in [-0.15, -0.1) is 0 Å². The van der Waals surface area contributed by atoms with Crippen LogP contribution in [0.25, 0.3) is 0 Å². The van der Waals surface area contributed by atoms with Crippen molar-refractivity contribution in [1.29, 1.82) is 0 Å². The number of carbonyl (C=O) groups excluding carboxylic acids is 1. The molecule has 0 aliphatic carbocycles. The zero-order valence-corrected chi connectivity index (χ0v) is 17.4. The first-order valence-corrected chi connectivity index (χ1v) is 9.24. The number of aryl methyl sites for hydroxylation is 1. The second-order valence-corrected chi connectivity index (χ2v) is 7.05. The maximum absolute atomic E-state index is 12.1. The van der Waals surface area contributed by atoms with Gasteiger partial charge in [-0.2, -0.15) is 5.10 Å². The number of hydrogen-bond acceptors (Lipinski definition) is 4. The molecule has 8 heteroatoms. The molecule has 0 unspecified atom stereocenters. The Balaban J connectivity index is 2.20. The molecule has 0 heterocycles. The van der Waals surface area contributed by atoms with Crippen LogP contribution < -0.4 is 10.2 Å². The van der Waals surface area contributed by atoms with Crippen LogP contribution in [-0.2, 0) is 0 Å². The van der Waals surface area contributed by atoms with E-state index in [1.165, 1.54) is 6.21 Å². The number of aromatic hydroxyl groups is 1. The molecule has 25 heavy (non-hydrogen) atoms. The van der Waals surface area contributed by atoms with E-state index >= 15 is 0 Å². The number of halogens is 3. The van der Waals surface area contributed by atoms with E-state index in [0.717, 1.165) is 5.56 Å². The van der Waals surface area contributed by atoms with Crippen molar-refractivity contribution in [3.63, 3.8) is 0 Å². The van der Waals surface area contributed by atoms with Crippen LogP contribution in [0.3, 0.4) is 0 Å². The molecule has 0 spiro atoms. The first-order valence-electron chi connectivity index (χ1n) is 7.28. The average Bonchev–Trinajstić information content (AvgIpc) is 2.56. The maximum Gasteiger partial charge on any atom is 0.272 e. The van der Waals surface area contributed by atoms with Crippen molar-refractivity contribution in [3.05, 3.63) is 54.9 Å². The van der Waals surface area contributed by atoms with Gasteiger partial charge < -0.3 is 9.84 Å². The van der Waals surface area contributed by atoms with Crippen molar-refractivity contribution in [2.45, 2.75) is 13.8 Å². The highest BCUT2D eigenvalue weighted by Crippen LogP contribution is 2.41. The number of hydrazone groups is 1. The Hall–Kier alpha value is -1.57. The third-order valence-corrected chi connectivity index (χ3v) is 5.68. The van der Waals surface area contributed by atoms with Gasteiger partial charge in [0, 0.05) is 10.0 Å². The van der Waals surface area contributed by atoms with E-state index in [1.54, 1.807) is 24.3 Å². The molecule has 2 rings (SSSR count). The highest BCUT2D eigenvalue weighted by Gasteiger charge is 2.14. The van der Waals surface area contributed by atoms with Crippen molar-refractivity contribution in [3.8, 4) is 11.5 Å². The summed E-state index contributed by atoms with van der Waals surface area (Å²) in [5.41, 5.74) is 4.34. The lowest BCUT2D eigenvalue weighted by Crippen LogP contribution is -2.18. The van der Waals surface area contributed by atoms with Crippen LogP contribution in [0.2, 0.25) is 5.02 Å². The molecule has 2 aromatic rings. The number of rotatable bonds is 5. The molecular weight excluding hydrogens is 475 g/mol. The van der Waals surface area contributed by atoms with E-state index < -0.39 is 5.91 Å². The summed E-state index contributed by atoms with van der Waals surface area (Å²) in [7, 11) is 0. The van der Waals surface area contributed by atoms with E-state index in [4.69, 9.17) is 16.3 Å². The van der Waals surface area contributed by atoms with E-state index in [9.17, 15) is 9.90 Å². The van der Waals surface area contributed by atoms with Gasteiger partial charge in [-0.25, -0.2) is 5.43 Å². The predicted molar refractivity (Wildman–Crippen MR) is 106 cm³/mol. The number of phenols is 1. The third kappa shape index (κ3) is 4.74. The Morgan fingerprint density at radius 1 is 1.36 bits per heavy atom. The standard InChI is InChI=1S/C17H15Br2ClN2O3/c1-3-25-13-7-10(14(18)15(19)16(13)23)8-21-22-17(24)11-5-4-9(2)6-12(11)20/h4-8,23H,3H2,1-2H3,(H,22,24). The van der Waals surface area contributed by atoms with Crippen molar-refractivity contribution >= 4 is 55.6 Å². The molecule has 0 radical (unpaired) electrons. The number of benzene rings is 2. The largest absolute Gasteiger partial charge is 0.503 e. The summed E-state index contributed by atoms with van der Waals surface area (Å²) in [6, 6.07) is 6.76. The van der Waals surface area contributed by atoms with Crippen LogP contribution in [-0.4, -0.2) is 23.8 Å². The van der Waals surface area contributed by atoms with E-state index in [0.29, 0.717) is 37.5 Å². The summed E-state index contributed by atoms with van der Waals surface area (Å²) < 4.78 is 6.39. The summed E-state index contributed by atoms with van der Waals surface area (Å²) in [5.74, 6) is -0.117. The zero-order chi connectivity index (χ0) is 18.6. The van der Waals surface area contributed by atoms with Gasteiger partial charge in [0.25, 0.3) is 5.91 Å². The van der Waals surface area contributed by atoms with Crippen molar-refractivity contribution in [2.24, 2.45) is 5.10 Å². The van der Waals surface area contributed by atoms with E-state index in [2.05, 4.69) is 42.4 Å². The lowest BCUT2D eigenvalue weighted by Gasteiger charge is -2.11. The fraction of sp³-hybridized carbons (Fsp3) is 0.176. The van der Waals surface area contributed by atoms with Crippen LogP contribution in [0.5, 0.6) is 11.5 Å². The highest BCUT2D eigenvalue weighted by molar-refractivity contribution is 9.13. The third-order valence-electron chi connectivity index (χ3n) is 3.21. The minimum absolute atomic E-state index is 0.0126. The molecule has 2 aromatic carbocycles. The van der Waals surface area contributed by atoms with Gasteiger partial charge in [0.2, 0.25) is 0 Å². The van der Waals surface area contributed by atoms with Crippen LogP contribution >= 0.6 is 43.5 Å². The molecule has 0 bridgehead atoms. The number of hydrogen-bond donors (Lipinski definition) is 2. The Bertz CT molecular complexity index is 841. The first-order chi connectivity index (χ1) is 11.8. The van der Waals surface area contributed by atoms with Gasteiger partial charge in [-0.05, 0) is 69.5 Å². The molecule has 0 fully saturated rings. The summed E-state index contributed by atoms with van der Waals surface area (Å²) >= 11 is 12.7. The summed E-state index contributed by atoms with van der Waals surface area (Å²) in [5, 5.41) is 14.3. The number of nitrogens with zero attached hydrogens (tertiary/aromatic N) is 1. The highest BCUT2D eigenvalue weighted by atomic mass is 79.9. The molecule has 1 amide bonds. The lowest BCUT2D eigenvalue weighted by molar-refractivity contribution is 0.0955. The fourth-order valence-corrected chi connectivity index (χ4v) is 3.15. The van der Waals surface area contributed by atoms with Crippen LogP contribution in [0.15, 0.2) is 38.3 Å². The fourth-order valence-electron chi connectivity index (χ4n) is 2.00. The van der Waals surface area contributed by atoms with E-state index in [1.807, 2.05) is 13.8 Å². The maximum atomic E-state index is 12.1. The Kier molecular flexibility index (Phi) is 6.87. The van der Waals surface area contributed by atoms with Crippen LogP contribution in [0, 0.1) is 6.92 Å². The Morgan fingerprint density at radius 3 is 2.72 bits per heavy atom. The van der Waals surface area contributed by atoms with E-state index in [-0.39, 0.29) is 5.75 Å². The van der Waals surface area contributed by atoms with Crippen LogP contribution in [0.4, 0.5) is 0 Å². The SMILES string of the molecule is CCOc1cc(C=NNC(=O)c2ccc(C)cc2Cl)c(Br)c(Br)c1O. The van der Waals surface area contributed by atoms with Gasteiger partial charge in [0.1, 0.15) is 0 Å². The van der Waals surface area contributed by atoms with Gasteiger partial charge in [-0.3, -0.25) is 4.79 Å². The molecule has 0 atom stereocenters. The number of ether oxygens (including phenoxy) is 1. The summed E-state index contributed by atoms with van der Waals surface area (Å²) in [4.78, 5) is 12.1. The number of nitrogens with one attached hydrogen (secondary N) is 1. The van der Waals surface area contributed by atoms with Gasteiger partial charge in [0.05, 0.1) is 27.9 Å². The molecule has 132 valence electrons. The second-order valence-electron chi connectivity index (χ2n) is 5.06. The topological polar surface area (TPSA) is 70.9 Å². The number of amides is 1. The Morgan fingerprint density at radius 2 is 2.08 bits per heavy atom. The van der Waals surface area contributed by atoms with Crippen LogP contribution in [0.1, 0.15) is 28.4 Å². The molecule has 0 aliphatic rings. The van der Waals surface area contributed by atoms with Gasteiger partial charge in [-0.1, -0.05) is 17.7 Å². The van der Waals surface area contributed by atoms with Crippen molar-refractivity contribution < 1.29 is 14.6 Å². The quantitative estimate of drug-likeness (QED) is 0.456. The van der Waals surface area contributed by atoms with Gasteiger partial charge >= 0.3 is 0 Å². The molecule has 0 aromatic heterocycles. The smallest absolute Gasteiger partial charge is 0.272 e. The molecule has 2 N–H and O–H groups in total. The first kappa shape index (κ1) is 19.8. The summed E-state index contributed by atoms with van der Waals surface area (Å²) in [6.07, 6.45) is 1.44. The normalized spacial score (nSPS) is 10.9. The molecule has 0 aliphatic heterocycles. The Labute approximate surface area is 167 Å². The summed E-state index contributed by atoms with van der Waals surface area (Å²) in [6.45, 7) is 4.11. The number of carbonyl (C=O) groups is 1. The van der Waals surface area contributed by atoms with Crippen molar-refractivity contribution in [1.82, 2.24) is 5.43 Å². The number of phenolic OH excluding ortho intramolecular Hbond substituents is 1. The second kappa shape index (κ2) is 8.69. The minimum Gasteiger partial charge on any atom is -0.503 e. The molecule has 5 nitrogen and oxygen atoms in total. The molecule has 0 saturated heterocycles. The lowest BCUT2D eigenvalue weighted by atomic mass is 10.1. The molecular formula is C17H15Br2ClN2O3. The average molecular weight is 491 g/mol. The zero-order valence-electron chi connectivity index (χ0n) is 13.4. The monoisotopic (exact) mass is 488 g/mol. The van der Waals surface area contributed by atoms with Gasteiger partial charge in [0.15, 0.2) is 11.5 Å². The minimum atomic E-state index is -0.416. The molecule has 0 saturated carbocycles. The predicted octanol–water partition coefficient (Wildman–Crippen LogP) is 5.04. The van der Waals surface area contributed by atoms with Crippen molar-refractivity contribution in [2.75, 3.05) is 6.61 Å².